The SMILES string of the molecule is CCCCCc1ccccc1O.[K]. The van der Waals surface area contributed by atoms with Gasteiger partial charge in [-0.2, -0.15) is 0 Å². The fraction of sp³-hybridized carbons (Fsp3) is 0.455. The van der Waals surface area contributed by atoms with Crippen LogP contribution in [0.5, 0.6) is 5.75 Å². The van der Waals surface area contributed by atoms with E-state index in [0.717, 1.165) is 12.0 Å². The molecule has 1 aromatic carbocycles. The summed E-state index contributed by atoms with van der Waals surface area (Å²) < 4.78 is 0. The number of hydrogen-bond donors (Lipinski definition) is 1. The zero-order valence-corrected chi connectivity index (χ0v) is 11.7. The van der Waals surface area contributed by atoms with E-state index in [1.54, 1.807) is 6.07 Å². The maximum atomic E-state index is 9.41. The standard InChI is InChI=1S/C11H16O.K/c1-2-3-4-7-10-8-5-6-9-11(10)12;/h5-6,8-9,12H,2-4,7H2,1H3;. The first-order chi connectivity index (χ1) is 5.84. The molecule has 13 heavy (non-hydrogen) atoms. The van der Waals surface area contributed by atoms with Crippen molar-refractivity contribution in [3.8, 4) is 5.75 Å². The largest absolute Gasteiger partial charge is 0.508 e. The Kier molecular flexibility index (Phi) is 8.41. The molecule has 0 aliphatic carbocycles. The van der Waals surface area contributed by atoms with Gasteiger partial charge >= 0.3 is 0 Å². The van der Waals surface area contributed by atoms with Crippen molar-refractivity contribution in [2.45, 2.75) is 32.6 Å². The molecular weight excluding hydrogens is 187 g/mol. The van der Waals surface area contributed by atoms with Gasteiger partial charge in [-0.05, 0) is 24.5 Å². The Bertz CT molecular complexity index is 235. The van der Waals surface area contributed by atoms with Crippen molar-refractivity contribution in [1.82, 2.24) is 0 Å². The zero-order chi connectivity index (χ0) is 8.81. The van der Waals surface area contributed by atoms with Crippen LogP contribution in [0.25, 0.3) is 0 Å². The number of aryl methyl sites for hydroxylation is 1. The topological polar surface area (TPSA) is 20.2 Å². The monoisotopic (exact) mass is 203 g/mol. The molecule has 67 valence electrons. The number of phenolic OH excluding ortho intramolecular Hbond substituents is 1. The van der Waals surface area contributed by atoms with E-state index in [1.165, 1.54) is 19.3 Å². The zero-order valence-electron chi connectivity index (χ0n) is 8.59. The maximum Gasteiger partial charge on any atom is 0.118 e. The molecule has 0 spiro atoms. The molecule has 0 aromatic heterocycles. The van der Waals surface area contributed by atoms with Gasteiger partial charge in [-0.3, -0.25) is 0 Å². The van der Waals surface area contributed by atoms with E-state index in [9.17, 15) is 5.11 Å². The molecule has 0 aliphatic rings. The predicted octanol–water partition coefficient (Wildman–Crippen LogP) is 2.74. The summed E-state index contributed by atoms with van der Waals surface area (Å²) in [5, 5.41) is 9.41. The predicted molar refractivity (Wildman–Crippen MR) is 57.1 cm³/mol. The van der Waals surface area contributed by atoms with E-state index in [4.69, 9.17) is 0 Å². The molecule has 1 N–H and O–H groups in total. The molecule has 0 heterocycles. The normalized spacial score (nSPS) is 9.31. The summed E-state index contributed by atoms with van der Waals surface area (Å²) >= 11 is 0. The van der Waals surface area contributed by atoms with Crippen molar-refractivity contribution in [2.75, 3.05) is 0 Å². The summed E-state index contributed by atoms with van der Waals surface area (Å²) in [7, 11) is 0. The van der Waals surface area contributed by atoms with E-state index in [1.807, 2.05) is 18.2 Å². The van der Waals surface area contributed by atoms with Crippen LogP contribution in [-0.2, 0) is 6.42 Å². The molecule has 1 radical (unpaired) electrons. The van der Waals surface area contributed by atoms with Crippen molar-refractivity contribution >= 4 is 51.4 Å². The Hall–Kier alpha value is 0.656. The maximum absolute atomic E-state index is 9.41. The number of hydrogen-bond acceptors (Lipinski definition) is 1. The summed E-state index contributed by atoms with van der Waals surface area (Å²) in [5.74, 6) is 0.439. The van der Waals surface area contributed by atoms with Crippen LogP contribution >= 0.6 is 0 Å². The summed E-state index contributed by atoms with van der Waals surface area (Å²) in [6.07, 6.45) is 4.65. The quantitative estimate of drug-likeness (QED) is 0.589. The second-order valence-electron chi connectivity index (χ2n) is 3.09. The molecule has 0 aliphatic heterocycles. The Morgan fingerprint density at radius 3 is 2.46 bits per heavy atom. The number of phenols is 1. The Balaban J connectivity index is 0.00000144. The van der Waals surface area contributed by atoms with Gasteiger partial charge in [-0.1, -0.05) is 38.0 Å². The molecule has 2 heteroatoms. The molecule has 0 bridgehead atoms. The third-order valence-corrected chi connectivity index (χ3v) is 2.04. The number of aromatic hydroxyl groups is 1. The van der Waals surface area contributed by atoms with Crippen LogP contribution in [-0.4, -0.2) is 56.5 Å². The number of unbranched alkanes of at least 4 members (excludes halogenated alkanes) is 2. The van der Waals surface area contributed by atoms with E-state index < -0.39 is 0 Å². The van der Waals surface area contributed by atoms with Gasteiger partial charge in [0.25, 0.3) is 0 Å². The molecule has 0 fully saturated rings. The van der Waals surface area contributed by atoms with Gasteiger partial charge < -0.3 is 5.11 Å². The second-order valence-corrected chi connectivity index (χ2v) is 3.09. The molecule has 0 amide bonds. The van der Waals surface area contributed by atoms with Crippen LogP contribution in [0.1, 0.15) is 31.7 Å². The summed E-state index contributed by atoms with van der Waals surface area (Å²) in [4.78, 5) is 0. The van der Waals surface area contributed by atoms with Crippen molar-refractivity contribution in [1.29, 1.82) is 0 Å². The minimum absolute atomic E-state index is 0. The van der Waals surface area contributed by atoms with Gasteiger partial charge in [-0.15, -0.1) is 0 Å². The summed E-state index contributed by atoms with van der Waals surface area (Å²) in [5.41, 5.74) is 1.07. The van der Waals surface area contributed by atoms with Crippen LogP contribution in [0.3, 0.4) is 0 Å². The van der Waals surface area contributed by atoms with Gasteiger partial charge in [0.1, 0.15) is 5.75 Å². The summed E-state index contributed by atoms with van der Waals surface area (Å²) in [6.45, 7) is 2.19. The van der Waals surface area contributed by atoms with Crippen molar-refractivity contribution in [3.63, 3.8) is 0 Å². The number of para-hydroxylation sites is 1. The fourth-order valence-electron chi connectivity index (χ4n) is 1.29. The van der Waals surface area contributed by atoms with Crippen molar-refractivity contribution in [3.05, 3.63) is 29.8 Å². The van der Waals surface area contributed by atoms with Gasteiger partial charge in [0.2, 0.25) is 0 Å². The average molecular weight is 203 g/mol. The Morgan fingerprint density at radius 2 is 1.85 bits per heavy atom. The molecule has 0 saturated carbocycles. The minimum Gasteiger partial charge on any atom is -0.508 e. The van der Waals surface area contributed by atoms with Crippen LogP contribution in [0, 0.1) is 0 Å². The van der Waals surface area contributed by atoms with E-state index in [2.05, 4.69) is 6.92 Å². The number of benzene rings is 1. The van der Waals surface area contributed by atoms with Crippen LogP contribution in [0.15, 0.2) is 24.3 Å². The third-order valence-electron chi connectivity index (χ3n) is 2.04. The van der Waals surface area contributed by atoms with Crippen LogP contribution < -0.4 is 0 Å². The van der Waals surface area contributed by atoms with Crippen LogP contribution in [0.2, 0.25) is 0 Å². The molecule has 1 aromatic rings. The van der Waals surface area contributed by atoms with Gasteiger partial charge in [0.15, 0.2) is 0 Å². The average Bonchev–Trinajstić information content (AvgIpc) is 2.09. The molecule has 1 nitrogen and oxygen atoms in total. The van der Waals surface area contributed by atoms with E-state index >= 15 is 0 Å². The first-order valence-corrected chi connectivity index (χ1v) is 4.61. The molecule has 0 unspecified atom stereocenters. The number of rotatable bonds is 4. The summed E-state index contributed by atoms with van der Waals surface area (Å²) in [6, 6.07) is 7.58. The Labute approximate surface area is 123 Å². The molecule has 0 atom stereocenters. The first-order valence-electron chi connectivity index (χ1n) is 4.61. The van der Waals surface area contributed by atoms with Gasteiger partial charge in [0, 0.05) is 51.4 Å². The fourth-order valence-corrected chi connectivity index (χ4v) is 1.29. The molecular formula is C11H16KO. The van der Waals surface area contributed by atoms with E-state index in [0.29, 0.717) is 5.75 Å². The van der Waals surface area contributed by atoms with E-state index in [-0.39, 0.29) is 51.4 Å². The van der Waals surface area contributed by atoms with Gasteiger partial charge in [-0.25, -0.2) is 0 Å². The van der Waals surface area contributed by atoms with Crippen molar-refractivity contribution in [2.24, 2.45) is 0 Å². The van der Waals surface area contributed by atoms with Crippen LogP contribution in [0.4, 0.5) is 0 Å². The van der Waals surface area contributed by atoms with Crippen molar-refractivity contribution < 1.29 is 5.11 Å². The molecule has 0 saturated heterocycles. The molecule has 1 rings (SSSR count). The Morgan fingerprint density at radius 1 is 1.15 bits per heavy atom. The first kappa shape index (κ1) is 13.7. The smallest absolute Gasteiger partial charge is 0.118 e. The second kappa shape index (κ2) is 8.01. The minimum atomic E-state index is 0. The van der Waals surface area contributed by atoms with Gasteiger partial charge in [0.05, 0.1) is 0 Å². The third kappa shape index (κ3) is 5.18.